The van der Waals surface area contributed by atoms with Crippen molar-refractivity contribution in [2.45, 2.75) is 96.4 Å². The summed E-state index contributed by atoms with van der Waals surface area (Å²) in [5.74, 6) is -5.78. The van der Waals surface area contributed by atoms with E-state index in [-0.39, 0.29) is 61.3 Å². The summed E-state index contributed by atoms with van der Waals surface area (Å²) < 4.78 is 0. The number of amides is 5. The van der Waals surface area contributed by atoms with Crippen LogP contribution in [-0.4, -0.2) is 120 Å². The molecule has 0 bridgehead atoms. The summed E-state index contributed by atoms with van der Waals surface area (Å²) in [5.41, 5.74) is 9.72. The number of thioether (sulfide) groups is 1. The Labute approximate surface area is 349 Å². The maximum Gasteiger partial charge on any atom is 0.340 e. The lowest BCUT2D eigenvalue weighted by Gasteiger charge is -2.41. The van der Waals surface area contributed by atoms with Gasteiger partial charge in [0.1, 0.15) is 5.69 Å². The van der Waals surface area contributed by atoms with Crippen LogP contribution in [0.5, 0.6) is 0 Å². The van der Waals surface area contributed by atoms with Crippen molar-refractivity contribution in [2.24, 2.45) is 11.1 Å². The number of nitrogen functional groups attached to an aromatic ring is 1. The average Bonchev–Trinajstić information content (AvgIpc) is 3.89. The molecular formula is C39H48N8O10S2. The molecule has 0 saturated carbocycles. The molecule has 0 unspecified atom stereocenters. The smallest absolute Gasteiger partial charge is 0.340 e. The number of aryl methyl sites for hydroxylation is 1. The molecule has 0 radical (unpaired) electrons. The standard InChI is InChI=1S/C39H48N8O10S2/c1-20-12-13-25(22(3)21(20)2)31(52)33(54)41-14-10-8-9-11-28(50)32(53)43-47-16-15-46(37(47)56)39(24(5)49)19-45-34(55)26(35(45)59-39)17-29(51)30(27-18-58-36(40)42-27)44-57-38(6,7)23(4)48/h12-13,18,26,35H,8-11,14-17,19H2,1-7H3,(H2,40,42)(H,41,54)(H,43,53)/b44-30-/t26-,35-,39-/m1/s1. The number of oxime groups is 1. The molecule has 3 saturated heterocycles. The molecule has 3 aliphatic heterocycles. The number of benzene rings is 1. The van der Waals surface area contributed by atoms with Crippen molar-refractivity contribution in [3.05, 3.63) is 45.5 Å². The zero-order valence-electron chi connectivity index (χ0n) is 34.0. The van der Waals surface area contributed by atoms with Gasteiger partial charge in [0.2, 0.25) is 17.5 Å². The summed E-state index contributed by atoms with van der Waals surface area (Å²) in [5, 5.41) is 8.52. The number of hydrazine groups is 1. The number of hydrogen-bond donors (Lipinski definition) is 3. The molecule has 3 fully saturated rings. The molecule has 4 N–H and O–H groups in total. The third kappa shape index (κ3) is 9.22. The van der Waals surface area contributed by atoms with Gasteiger partial charge in [0.15, 0.2) is 38.7 Å². The van der Waals surface area contributed by atoms with Crippen LogP contribution in [0.25, 0.3) is 0 Å². The van der Waals surface area contributed by atoms with Crippen molar-refractivity contribution >= 4 is 86.6 Å². The molecule has 1 aromatic carbocycles. The lowest BCUT2D eigenvalue weighted by Crippen LogP contribution is -2.59. The van der Waals surface area contributed by atoms with Gasteiger partial charge in [-0.05, 0) is 78.0 Å². The van der Waals surface area contributed by atoms with E-state index in [1.807, 2.05) is 13.8 Å². The first-order valence-corrected chi connectivity index (χ1v) is 20.8. The van der Waals surface area contributed by atoms with Crippen LogP contribution in [0.15, 0.2) is 22.7 Å². The van der Waals surface area contributed by atoms with Gasteiger partial charge in [-0.1, -0.05) is 35.5 Å². The number of ketones is 5. The van der Waals surface area contributed by atoms with E-state index in [4.69, 9.17) is 10.6 Å². The Morgan fingerprint density at radius 3 is 2.34 bits per heavy atom. The molecule has 5 amide bonds. The van der Waals surface area contributed by atoms with E-state index in [1.165, 1.54) is 42.9 Å². The third-order valence-corrected chi connectivity index (χ3v) is 13.5. The van der Waals surface area contributed by atoms with Crippen LogP contribution in [0.3, 0.4) is 0 Å². The Bertz CT molecular complexity index is 2150. The van der Waals surface area contributed by atoms with Gasteiger partial charge in [0.25, 0.3) is 5.91 Å². The van der Waals surface area contributed by atoms with E-state index in [2.05, 4.69) is 20.9 Å². The number of fused-ring (bicyclic) bond motifs is 1. The van der Waals surface area contributed by atoms with Crippen molar-refractivity contribution in [3.63, 3.8) is 0 Å². The third-order valence-electron chi connectivity index (χ3n) is 11.0. The van der Waals surface area contributed by atoms with Crippen LogP contribution in [0.2, 0.25) is 0 Å². The Balaban J connectivity index is 1.11. The van der Waals surface area contributed by atoms with Crippen LogP contribution < -0.4 is 16.5 Å². The molecule has 3 aliphatic rings. The molecule has 59 heavy (non-hydrogen) atoms. The van der Waals surface area contributed by atoms with Crippen LogP contribution >= 0.6 is 23.1 Å². The number of rotatable bonds is 19. The summed E-state index contributed by atoms with van der Waals surface area (Å²) in [6.07, 6.45) is 0.805. The number of hydrogen-bond acceptors (Lipinski definition) is 15. The summed E-state index contributed by atoms with van der Waals surface area (Å²) in [7, 11) is 0. The van der Waals surface area contributed by atoms with Gasteiger partial charge in [-0.3, -0.25) is 48.7 Å². The number of aromatic nitrogens is 1. The topological polar surface area (TPSA) is 248 Å². The molecule has 5 rings (SSSR count). The van der Waals surface area contributed by atoms with E-state index in [1.54, 1.807) is 19.1 Å². The normalized spacial score (nSPS) is 20.3. The molecule has 0 spiro atoms. The number of urea groups is 1. The number of carbonyl (C=O) groups excluding carboxylic acids is 9. The minimum atomic E-state index is -1.52. The first-order valence-electron chi connectivity index (χ1n) is 19.0. The Kier molecular flexibility index (Phi) is 13.4. The molecule has 316 valence electrons. The zero-order chi connectivity index (χ0) is 43.6. The summed E-state index contributed by atoms with van der Waals surface area (Å²) in [6, 6.07) is 2.69. The number of Topliss-reactive ketones (excluding diaryl/α,β-unsaturated/α-hetero) is 5. The summed E-state index contributed by atoms with van der Waals surface area (Å²) in [4.78, 5) is 127. The van der Waals surface area contributed by atoms with Crippen LogP contribution in [0.4, 0.5) is 9.93 Å². The van der Waals surface area contributed by atoms with Crippen molar-refractivity contribution in [1.82, 2.24) is 30.5 Å². The van der Waals surface area contributed by atoms with E-state index in [0.29, 0.717) is 24.8 Å². The van der Waals surface area contributed by atoms with Crippen molar-refractivity contribution in [3.8, 4) is 0 Å². The van der Waals surface area contributed by atoms with E-state index in [0.717, 1.165) is 44.8 Å². The highest BCUT2D eigenvalue weighted by atomic mass is 32.2. The number of β-lactam (4-membered cyclic amide) rings is 1. The second-order valence-electron chi connectivity index (χ2n) is 15.2. The summed E-state index contributed by atoms with van der Waals surface area (Å²) >= 11 is 2.12. The number of nitrogens with two attached hydrogens (primary N) is 1. The number of nitrogens with zero attached hydrogens (tertiary/aromatic N) is 5. The number of carbonyl (C=O) groups is 9. The Morgan fingerprint density at radius 2 is 1.69 bits per heavy atom. The highest BCUT2D eigenvalue weighted by molar-refractivity contribution is 8.02. The number of thiazole rings is 1. The van der Waals surface area contributed by atoms with E-state index >= 15 is 0 Å². The predicted molar refractivity (Wildman–Crippen MR) is 217 cm³/mol. The average molecular weight is 853 g/mol. The SMILES string of the molecule is CC(=O)C(C)(C)O/N=C(\C(=O)C[C@@H]1C(=O)N2C[C@@](C(C)=O)(N3CCN(NC(=O)C(=O)CCCCCNC(=O)C(=O)c4ccc(C)c(C)c4C)C3=O)S[C@H]12)c1csc(N)n1. The van der Waals surface area contributed by atoms with Crippen molar-refractivity contribution in [2.75, 3.05) is 31.9 Å². The van der Waals surface area contributed by atoms with Gasteiger partial charge in [0, 0.05) is 36.9 Å². The largest absolute Gasteiger partial charge is 0.381 e. The van der Waals surface area contributed by atoms with Crippen molar-refractivity contribution < 1.29 is 48.0 Å². The first kappa shape index (κ1) is 44.6. The lowest BCUT2D eigenvalue weighted by molar-refractivity contribution is -0.152. The molecule has 20 heteroatoms. The first-order chi connectivity index (χ1) is 27.7. The number of anilines is 1. The quantitative estimate of drug-likeness (QED) is 0.0460. The van der Waals surface area contributed by atoms with Gasteiger partial charge in [0.05, 0.1) is 24.4 Å². The van der Waals surface area contributed by atoms with Gasteiger partial charge in [-0.2, -0.15) is 0 Å². The van der Waals surface area contributed by atoms with E-state index < -0.39 is 68.6 Å². The van der Waals surface area contributed by atoms with Gasteiger partial charge in [-0.25, -0.2) is 14.8 Å². The van der Waals surface area contributed by atoms with Gasteiger partial charge >= 0.3 is 11.9 Å². The second-order valence-corrected chi connectivity index (χ2v) is 17.5. The molecule has 3 atom stereocenters. The highest BCUT2D eigenvalue weighted by Gasteiger charge is 2.64. The van der Waals surface area contributed by atoms with E-state index in [9.17, 15) is 43.2 Å². The maximum absolute atomic E-state index is 13.6. The maximum atomic E-state index is 13.6. The van der Waals surface area contributed by atoms with Crippen LogP contribution in [0.1, 0.15) is 92.5 Å². The fraction of sp³-hybridized carbons (Fsp3) is 0.513. The predicted octanol–water partition coefficient (Wildman–Crippen LogP) is 2.41. The van der Waals surface area contributed by atoms with Crippen LogP contribution in [-0.2, 0) is 38.4 Å². The molecule has 0 aliphatic carbocycles. The molecule has 1 aromatic heterocycles. The van der Waals surface area contributed by atoms with Crippen LogP contribution in [0, 0.1) is 26.7 Å². The highest BCUT2D eigenvalue weighted by Crippen LogP contribution is 2.53. The Hall–Kier alpha value is -5.50. The lowest BCUT2D eigenvalue weighted by atomic mass is 9.90. The molecule has 2 aromatic rings. The summed E-state index contributed by atoms with van der Waals surface area (Å²) in [6.45, 7) is 11.2. The van der Waals surface area contributed by atoms with Gasteiger partial charge < -0.3 is 20.8 Å². The molecular weight excluding hydrogens is 805 g/mol. The van der Waals surface area contributed by atoms with Gasteiger partial charge in [-0.15, -0.1) is 11.3 Å². The Morgan fingerprint density at radius 1 is 0.983 bits per heavy atom. The fourth-order valence-electron chi connectivity index (χ4n) is 6.72. The van der Waals surface area contributed by atoms with Crippen molar-refractivity contribution in [1.29, 1.82) is 0 Å². The second kappa shape index (κ2) is 17.8. The monoisotopic (exact) mass is 852 g/mol. The minimum Gasteiger partial charge on any atom is -0.381 e. The molecule has 4 heterocycles. The molecule has 18 nitrogen and oxygen atoms in total. The number of unbranched alkanes of at least 4 members (excludes halogenated alkanes) is 2. The minimum absolute atomic E-state index is 0.000863. The number of nitrogens with one attached hydrogen (secondary N) is 2. The zero-order valence-corrected chi connectivity index (χ0v) is 35.6. The fourth-order valence-corrected chi connectivity index (χ4v) is 9.03.